The van der Waals surface area contributed by atoms with Gasteiger partial charge in [0, 0.05) is 18.1 Å². The zero-order chi connectivity index (χ0) is 28.8. The molecular weight excluding hydrogens is 484 g/mol. The molecule has 0 radical (unpaired) electrons. The standard InChI is InChI=1S/C29H50N4O5/c1-16(25(36)38-10)19(14-17-12-11-13-17)30-23(34)21-20-18(29(20,8)9)15-33(21)24(35)22(27(2,3)4)31-26(37)32-28(5,6)7/h16-22H,11-15H2,1-10H3,(H,30,34)(H2,31,32,37)/t16?,18-,19?,20-,21-,22+/m0/s1. The second kappa shape index (κ2) is 10.7. The first-order valence-electron chi connectivity index (χ1n) is 14.2. The molecule has 9 nitrogen and oxygen atoms in total. The van der Waals surface area contributed by atoms with Crippen molar-refractivity contribution in [2.45, 2.75) is 112 Å². The quantitative estimate of drug-likeness (QED) is 0.412. The number of nitrogens with zero attached hydrogens (tertiary/aromatic N) is 1. The molecule has 3 N–H and O–H groups in total. The highest BCUT2D eigenvalue weighted by atomic mass is 16.5. The topological polar surface area (TPSA) is 117 Å². The van der Waals surface area contributed by atoms with E-state index < -0.39 is 35.0 Å². The van der Waals surface area contributed by atoms with E-state index in [0.717, 1.165) is 19.3 Å². The number of rotatable bonds is 8. The van der Waals surface area contributed by atoms with Gasteiger partial charge in [-0.2, -0.15) is 0 Å². The Kier molecular flexibility index (Phi) is 8.50. The van der Waals surface area contributed by atoms with Crippen LogP contribution in [0, 0.1) is 34.5 Å². The monoisotopic (exact) mass is 534 g/mol. The molecule has 6 atom stereocenters. The first kappa shape index (κ1) is 30.2. The summed E-state index contributed by atoms with van der Waals surface area (Å²) >= 11 is 0. The van der Waals surface area contributed by atoms with Gasteiger partial charge in [0.05, 0.1) is 13.0 Å². The fourth-order valence-electron chi connectivity index (χ4n) is 6.23. The van der Waals surface area contributed by atoms with Gasteiger partial charge in [-0.25, -0.2) is 4.79 Å². The molecule has 9 heteroatoms. The second-order valence-corrected chi connectivity index (χ2v) is 14.5. The number of likely N-dealkylation sites (tertiary alicyclic amines) is 1. The van der Waals surface area contributed by atoms with Gasteiger partial charge in [-0.05, 0) is 62.7 Å². The van der Waals surface area contributed by atoms with Crippen molar-refractivity contribution in [1.29, 1.82) is 0 Å². The van der Waals surface area contributed by atoms with Crippen LogP contribution in [0.2, 0.25) is 0 Å². The van der Waals surface area contributed by atoms with E-state index in [2.05, 4.69) is 29.8 Å². The third-order valence-electron chi connectivity index (χ3n) is 8.95. The van der Waals surface area contributed by atoms with Gasteiger partial charge in [-0.3, -0.25) is 14.4 Å². The van der Waals surface area contributed by atoms with E-state index in [1.807, 2.05) is 41.5 Å². The van der Waals surface area contributed by atoms with Crippen molar-refractivity contribution in [3.05, 3.63) is 0 Å². The summed E-state index contributed by atoms with van der Waals surface area (Å²) < 4.78 is 4.99. The summed E-state index contributed by atoms with van der Waals surface area (Å²) in [6, 6.07) is -2.22. The Bertz CT molecular complexity index is 930. The maximum absolute atomic E-state index is 14.0. The highest BCUT2D eigenvalue weighted by Gasteiger charge is 2.69. The molecule has 1 saturated heterocycles. The van der Waals surface area contributed by atoms with Crippen LogP contribution >= 0.6 is 0 Å². The van der Waals surface area contributed by atoms with Gasteiger partial charge in [-0.1, -0.05) is 53.9 Å². The van der Waals surface area contributed by atoms with Crippen molar-refractivity contribution in [2.75, 3.05) is 13.7 Å². The van der Waals surface area contributed by atoms with E-state index in [4.69, 9.17) is 4.74 Å². The highest BCUT2D eigenvalue weighted by molar-refractivity contribution is 5.94. The summed E-state index contributed by atoms with van der Waals surface area (Å²) in [5, 5.41) is 8.93. The third-order valence-corrected chi connectivity index (χ3v) is 8.95. The minimum atomic E-state index is -0.805. The van der Waals surface area contributed by atoms with Crippen LogP contribution in [-0.4, -0.2) is 66.0 Å². The van der Waals surface area contributed by atoms with Gasteiger partial charge in [-0.15, -0.1) is 0 Å². The lowest BCUT2D eigenvalue weighted by molar-refractivity contribution is -0.148. The molecule has 2 saturated carbocycles. The first-order chi connectivity index (χ1) is 17.4. The predicted octanol–water partition coefficient (Wildman–Crippen LogP) is 3.47. The van der Waals surface area contributed by atoms with Crippen LogP contribution in [0.3, 0.4) is 0 Å². The van der Waals surface area contributed by atoms with Crippen molar-refractivity contribution in [2.24, 2.45) is 34.5 Å². The normalized spacial score (nSPS) is 26.8. The third kappa shape index (κ3) is 6.45. The number of carbonyl (C=O) groups is 4. The highest BCUT2D eigenvalue weighted by Crippen LogP contribution is 2.65. The second-order valence-electron chi connectivity index (χ2n) is 14.5. The van der Waals surface area contributed by atoms with Gasteiger partial charge in [0.2, 0.25) is 11.8 Å². The summed E-state index contributed by atoms with van der Waals surface area (Å²) in [6.07, 6.45) is 4.09. The van der Waals surface area contributed by atoms with Gasteiger partial charge in [0.25, 0.3) is 0 Å². The lowest BCUT2D eigenvalue weighted by Gasteiger charge is -2.39. The average Bonchev–Trinajstić information content (AvgIpc) is 3.08. The Morgan fingerprint density at radius 2 is 1.63 bits per heavy atom. The largest absolute Gasteiger partial charge is 0.469 e. The van der Waals surface area contributed by atoms with E-state index >= 15 is 0 Å². The molecular formula is C29H50N4O5. The molecule has 3 aliphatic rings. The smallest absolute Gasteiger partial charge is 0.315 e. The van der Waals surface area contributed by atoms with Gasteiger partial charge >= 0.3 is 12.0 Å². The number of hydrogen-bond acceptors (Lipinski definition) is 5. The van der Waals surface area contributed by atoms with Crippen LogP contribution in [0.25, 0.3) is 0 Å². The molecule has 3 fully saturated rings. The zero-order valence-corrected chi connectivity index (χ0v) is 25.1. The van der Waals surface area contributed by atoms with Crippen LogP contribution < -0.4 is 16.0 Å². The van der Waals surface area contributed by atoms with E-state index in [0.29, 0.717) is 12.5 Å². The fraction of sp³-hybridized carbons (Fsp3) is 0.862. The minimum Gasteiger partial charge on any atom is -0.469 e. The van der Waals surface area contributed by atoms with E-state index in [-0.39, 0.29) is 41.1 Å². The molecule has 2 aliphatic carbocycles. The van der Waals surface area contributed by atoms with E-state index in [9.17, 15) is 19.2 Å². The number of nitrogens with one attached hydrogen (secondary N) is 3. The summed E-state index contributed by atoms with van der Waals surface area (Å²) in [6.45, 7) is 17.9. The Hall–Kier alpha value is -2.32. The molecule has 1 heterocycles. The van der Waals surface area contributed by atoms with Crippen molar-refractivity contribution in [1.82, 2.24) is 20.9 Å². The molecule has 38 heavy (non-hydrogen) atoms. The molecule has 0 bridgehead atoms. The van der Waals surface area contributed by atoms with E-state index in [1.165, 1.54) is 13.5 Å². The Balaban J connectivity index is 1.83. The number of esters is 1. The number of carbonyl (C=O) groups excluding carboxylic acids is 4. The molecule has 3 rings (SSSR count). The van der Waals surface area contributed by atoms with Crippen LogP contribution in [0.15, 0.2) is 0 Å². The number of urea groups is 1. The molecule has 1 aliphatic heterocycles. The lowest BCUT2D eigenvalue weighted by Crippen LogP contribution is -2.62. The lowest BCUT2D eigenvalue weighted by atomic mass is 9.78. The van der Waals surface area contributed by atoms with Crippen molar-refractivity contribution in [3.63, 3.8) is 0 Å². The number of methoxy groups -OCH3 is 1. The molecule has 0 aromatic carbocycles. The number of fused-ring (bicyclic) bond motifs is 1. The fourth-order valence-corrected chi connectivity index (χ4v) is 6.23. The SMILES string of the molecule is COC(=O)C(C)C(CC1CCC1)NC(=O)[C@@H]1[C@@H]2[C@H](CN1C(=O)[C@@H](NC(=O)NC(C)(C)C)C(C)(C)C)C2(C)C. The Morgan fingerprint density at radius 1 is 1.03 bits per heavy atom. The number of piperidine rings is 1. The maximum Gasteiger partial charge on any atom is 0.315 e. The Morgan fingerprint density at radius 3 is 2.11 bits per heavy atom. The predicted molar refractivity (Wildman–Crippen MR) is 146 cm³/mol. The van der Waals surface area contributed by atoms with Crippen LogP contribution in [-0.2, 0) is 19.1 Å². The van der Waals surface area contributed by atoms with E-state index in [1.54, 1.807) is 11.8 Å². The molecule has 0 aromatic heterocycles. The number of hydrogen-bond donors (Lipinski definition) is 3. The summed E-state index contributed by atoms with van der Waals surface area (Å²) in [5.41, 5.74) is -1.07. The number of amides is 4. The van der Waals surface area contributed by atoms with Gasteiger partial charge in [0.15, 0.2) is 0 Å². The molecule has 0 spiro atoms. The maximum atomic E-state index is 14.0. The molecule has 216 valence electrons. The number of ether oxygens (including phenoxy) is 1. The zero-order valence-electron chi connectivity index (χ0n) is 25.1. The van der Waals surface area contributed by atoms with Crippen LogP contribution in [0.1, 0.15) is 88.0 Å². The molecule has 4 amide bonds. The van der Waals surface area contributed by atoms with Gasteiger partial charge in [0.1, 0.15) is 12.1 Å². The van der Waals surface area contributed by atoms with Crippen molar-refractivity contribution in [3.8, 4) is 0 Å². The molecule has 2 unspecified atom stereocenters. The average molecular weight is 535 g/mol. The summed E-state index contributed by atoms with van der Waals surface area (Å²) in [7, 11) is 1.37. The summed E-state index contributed by atoms with van der Waals surface area (Å²) in [4.78, 5) is 54.8. The molecule has 0 aromatic rings. The minimum absolute atomic E-state index is 0.0354. The van der Waals surface area contributed by atoms with Crippen molar-refractivity contribution < 1.29 is 23.9 Å². The van der Waals surface area contributed by atoms with Crippen LogP contribution in [0.4, 0.5) is 4.79 Å². The van der Waals surface area contributed by atoms with Crippen molar-refractivity contribution >= 4 is 23.8 Å². The first-order valence-corrected chi connectivity index (χ1v) is 14.2. The Labute approximate surface area is 228 Å². The summed E-state index contributed by atoms with van der Waals surface area (Å²) in [5.74, 6) is -0.564. The van der Waals surface area contributed by atoms with Gasteiger partial charge < -0.3 is 25.6 Å². The van der Waals surface area contributed by atoms with Crippen LogP contribution in [0.5, 0.6) is 0 Å².